The monoisotopic (exact) mass is 279 g/mol. The second-order valence-electron chi connectivity index (χ2n) is 5.25. The quantitative estimate of drug-likeness (QED) is 0.878. The number of nitrogens with zero attached hydrogens (tertiary/aromatic N) is 1. The molecule has 1 saturated heterocycles. The van der Waals surface area contributed by atoms with Gasteiger partial charge in [0.05, 0.1) is 5.92 Å². The molecule has 1 amide bonds. The van der Waals surface area contributed by atoms with Gasteiger partial charge in [-0.05, 0) is 43.7 Å². The summed E-state index contributed by atoms with van der Waals surface area (Å²) < 4.78 is 13.7. The minimum atomic E-state index is -0.227. The average molecular weight is 279 g/mol. The highest BCUT2D eigenvalue weighted by Gasteiger charge is 2.25. The number of halogens is 1. The lowest BCUT2D eigenvalue weighted by atomic mass is 9.96. The first kappa shape index (κ1) is 14.8. The van der Waals surface area contributed by atoms with Crippen LogP contribution >= 0.6 is 0 Å². The molecule has 20 heavy (non-hydrogen) atoms. The highest BCUT2D eigenvalue weighted by molar-refractivity contribution is 5.79. The van der Waals surface area contributed by atoms with Gasteiger partial charge in [0.25, 0.3) is 0 Å². The third kappa shape index (κ3) is 3.48. The molecule has 1 aromatic carbocycles. The van der Waals surface area contributed by atoms with Crippen molar-refractivity contribution in [2.24, 2.45) is 5.92 Å². The highest BCUT2D eigenvalue weighted by atomic mass is 19.1. The van der Waals surface area contributed by atoms with Crippen molar-refractivity contribution in [2.45, 2.75) is 19.4 Å². The van der Waals surface area contributed by atoms with Gasteiger partial charge in [-0.3, -0.25) is 4.79 Å². The molecule has 0 saturated carbocycles. The van der Waals surface area contributed by atoms with Gasteiger partial charge in [0, 0.05) is 32.4 Å². The molecule has 0 bridgehead atoms. The van der Waals surface area contributed by atoms with Crippen LogP contribution in [-0.4, -0.2) is 33.1 Å². The van der Waals surface area contributed by atoms with E-state index in [4.69, 9.17) is 0 Å². The summed E-state index contributed by atoms with van der Waals surface area (Å²) in [5.41, 5.74) is 1.79. The molecule has 0 aliphatic carbocycles. The summed E-state index contributed by atoms with van der Waals surface area (Å²) in [7, 11) is 3.50. The van der Waals surface area contributed by atoms with Crippen LogP contribution in [0.4, 0.5) is 10.1 Å². The Hall–Kier alpha value is -1.62. The van der Waals surface area contributed by atoms with E-state index in [-0.39, 0.29) is 17.6 Å². The van der Waals surface area contributed by atoms with Gasteiger partial charge < -0.3 is 15.5 Å². The number of piperidine rings is 1. The molecule has 110 valence electrons. The summed E-state index contributed by atoms with van der Waals surface area (Å²) in [6, 6.07) is 5.08. The largest absolute Gasteiger partial charge is 0.371 e. The predicted octanol–water partition coefficient (Wildman–Crippen LogP) is 1.51. The zero-order chi connectivity index (χ0) is 14.5. The fraction of sp³-hybridized carbons (Fsp3) is 0.533. The van der Waals surface area contributed by atoms with E-state index < -0.39 is 0 Å². The van der Waals surface area contributed by atoms with Crippen molar-refractivity contribution in [2.75, 3.05) is 32.1 Å². The molecule has 1 unspecified atom stereocenters. The van der Waals surface area contributed by atoms with Crippen LogP contribution in [0.1, 0.15) is 18.4 Å². The Labute approximate surface area is 119 Å². The summed E-state index contributed by atoms with van der Waals surface area (Å²) in [5, 5.41) is 5.73. The Kier molecular flexibility index (Phi) is 4.95. The molecule has 0 spiro atoms. The standard InChI is InChI=1S/C15H22FN3O/c1-17-9-11-6-13(16)8-14(7-11)19-5-3-4-12(10-19)15(20)18-2/h6-8,12,17H,3-5,9-10H2,1-2H3,(H,18,20). The first-order valence-electron chi connectivity index (χ1n) is 7.04. The van der Waals surface area contributed by atoms with Crippen molar-refractivity contribution < 1.29 is 9.18 Å². The number of benzene rings is 1. The SMILES string of the molecule is CNCc1cc(F)cc(N2CCCC(C(=O)NC)C2)c1. The van der Waals surface area contributed by atoms with Crippen LogP contribution in [0.3, 0.4) is 0 Å². The molecule has 5 heteroatoms. The van der Waals surface area contributed by atoms with Crippen LogP contribution in [0.2, 0.25) is 0 Å². The number of hydrogen-bond acceptors (Lipinski definition) is 3. The van der Waals surface area contributed by atoms with Crippen LogP contribution in [0.15, 0.2) is 18.2 Å². The van der Waals surface area contributed by atoms with Crippen LogP contribution in [0.25, 0.3) is 0 Å². The van der Waals surface area contributed by atoms with E-state index in [1.165, 1.54) is 0 Å². The molecule has 1 fully saturated rings. The lowest BCUT2D eigenvalue weighted by Gasteiger charge is -2.33. The number of carbonyl (C=O) groups excluding carboxylic acids is 1. The maximum atomic E-state index is 13.7. The van der Waals surface area contributed by atoms with Crippen LogP contribution < -0.4 is 15.5 Å². The van der Waals surface area contributed by atoms with E-state index in [1.54, 1.807) is 19.2 Å². The third-order valence-corrected chi connectivity index (χ3v) is 3.73. The minimum Gasteiger partial charge on any atom is -0.371 e. The lowest BCUT2D eigenvalue weighted by Crippen LogP contribution is -2.42. The van der Waals surface area contributed by atoms with Crippen molar-refractivity contribution >= 4 is 11.6 Å². The Morgan fingerprint density at radius 2 is 2.20 bits per heavy atom. The van der Waals surface area contributed by atoms with Crippen molar-refractivity contribution in [3.8, 4) is 0 Å². The molecule has 4 nitrogen and oxygen atoms in total. The van der Waals surface area contributed by atoms with E-state index in [9.17, 15) is 9.18 Å². The van der Waals surface area contributed by atoms with Crippen molar-refractivity contribution in [1.29, 1.82) is 0 Å². The Morgan fingerprint density at radius 3 is 2.90 bits per heavy atom. The fourth-order valence-corrected chi connectivity index (χ4v) is 2.75. The van der Waals surface area contributed by atoms with Crippen molar-refractivity contribution in [1.82, 2.24) is 10.6 Å². The predicted molar refractivity (Wildman–Crippen MR) is 78.2 cm³/mol. The van der Waals surface area contributed by atoms with Crippen molar-refractivity contribution in [3.63, 3.8) is 0 Å². The van der Waals surface area contributed by atoms with E-state index in [0.717, 1.165) is 30.6 Å². The number of hydrogen-bond donors (Lipinski definition) is 2. The maximum absolute atomic E-state index is 13.7. The summed E-state index contributed by atoms with van der Waals surface area (Å²) in [6.45, 7) is 2.16. The number of nitrogens with one attached hydrogen (secondary N) is 2. The summed E-state index contributed by atoms with van der Waals surface area (Å²) in [6.07, 6.45) is 1.85. The van der Waals surface area contributed by atoms with Crippen LogP contribution in [-0.2, 0) is 11.3 Å². The fourth-order valence-electron chi connectivity index (χ4n) is 2.75. The zero-order valence-electron chi connectivity index (χ0n) is 12.1. The topological polar surface area (TPSA) is 44.4 Å². The number of amides is 1. The van der Waals surface area contributed by atoms with E-state index in [1.807, 2.05) is 13.1 Å². The second kappa shape index (κ2) is 6.70. The van der Waals surface area contributed by atoms with Gasteiger partial charge in [-0.1, -0.05) is 0 Å². The van der Waals surface area contributed by atoms with E-state index in [2.05, 4.69) is 15.5 Å². The molecule has 1 heterocycles. The lowest BCUT2D eigenvalue weighted by molar-refractivity contribution is -0.124. The number of anilines is 1. The molecular formula is C15H22FN3O. The molecule has 2 N–H and O–H groups in total. The summed E-state index contributed by atoms with van der Waals surface area (Å²) in [5.74, 6) is -0.166. The first-order valence-corrected chi connectivity index (χ1v) is 7.04. The summed E-state index contributed by atoms with van der Waals surface area (Å²) in [4.78, 5) is 13.9. The average Bonchev–Trinajstić information content (AvgIpc) is 2.46. The van der Waals surface area contributed by atoms with Gasteiger partial charge in [0.2, 0.25) is 5.91 Å². The Bertz CT molecular complexity index is 478. The molecule has 1 aliphatic heterocycles. The highest BCUT2D eigenvalue weighted by Crippen LogP contribution is 2.25. The van der Waals surface area contributed by atoms with Gasteiger partial charge in [-0.15, -0.1) is 0 Å². The maximum Gasteiger partial charge on any atom is 0.224 e. The van der Waals surface area contributed by atoms with E-state index in [0.29, 0.717) is 13.1 Å². The van der Waals surface area contributed by atoms with Crippen molar-refractivity contribution in [3.05, 3.63) is 29.6 Å². The zero-order valence-corrected chi connectivity index (χ0v) is 12.1. The van der Waals surface area contributed by atoms with Crippen LogP contribution in [0, 0.1) is 11.7 Å². The molecule has 1 atom stereocenters. The molecule has 0 radical (unpaired) electrons. The number of rotatable bonds is 4. The third-order valence-electron chi connectivity index (χ3n) is 3.73. The Morgan fingerprint density at radius 1 is 1.40 bits per heavy atom. The van der Waals surface area contributed by atoms with E-state index >= 15 is 0 Å². The molecule has 0 aromatic heterocycles. The normalized spacial score (nSPS) is 18.9. The van der Waals surface area contributed by atoms with Gasteiger partial charge in [0.15, 0.2) is 0 Å². The van der Waals surface area contributed by atoms with Gasteiger partial charge in [-0.25, -0.2) is 4.39 Å². The molecule has 1 aliphatic rings. The van der Waals surface area contributed by atoms with Gasteiger partial charge in [-0.2, -0.15) is 0 Å². The van der Waals surface area contributed by atoms with Gasteiger partial charge >= 0.3 is 0 Å². The smallest absolute Gasteiger partial charge is 0.224 e. The first-order chi connectivity index (χ1) is 9.63. The molecule has 2 rings (SSSR count). The molecule has 1 aromatic rings. The summed E-state index contributed by atoms with van der Waals surface area (Å²) >= 11 is 0. The minimum absolute atomic E-state index is 0.00947. The Balaban J connectivity index is 2.15. The van der Waals surface area contributed by atoms with Gasteiger partial charge in [0.1, 0.15) is 5.82 Å². The second-order valence-corrected chi connectivity index (χ2v) is 5.25. The number of carbonyl (C=O) groups is 1. The molecular weight excluding hydrogens is 257 g/mol. The van der Waals surface area contributed by atoms with Crippen LogP contribution in [0.5, 0.6) is 0 Å².